The van der Waals surface area contributed by atoms with E-state index in [1.165, 1.54) is 14.2 Å². The average Bonchev–Trinajstić information content (AvgIpc) is 2.37. The number of esters is 1. The summed E-state index contributed by atoms with van der Waals surface area (Å²) in [5, 5.41) is 0. The van der Waals surface area contributed by atoms with Crippen LogP contribution in [0.1, 0.15) is 23.7 Å². The molecule has 0 aromatic heterocycles. The number of methoxy groups -OCH3 is 2. The number of Topliss-reactive ketones (excluding diaryl/α,β-unsaturated/α-hetero) is 1. The van der Waals surface area contributed by atoms with E-state index in [2.05, 4.69) is 4.74 Å². The first kappa shape index (κ1) is 13.2. The van der Waals surface area contributed by atoms with Crippen LogP contribution in [0.4, 0.5) is 0 Å². The molecule has 0 radical (unpaired) electrons. The molecule has 0 heterocycles. The van der Waals surface area contributed by atoms with E-state index in [9.17, 15) is 9.59 Å². The van der Waals surface area contributed by atoms with Gasteiger partial charge in [0.2, 0.25) is 0 Å². The zero-order chi connectivity index (χ0) is 12.8. The molecule has 0 amide bonds. The summed E-state index contributed by atoms with van der Waals surface area (Å²) in [5.41, 5.74) is 0.492. The van der Waals surface area contributed by atoms with Gasteiger partial charge in [0, 0.05) is 5.92 Å². The lowest BCUT2D eigenvalue weighted by molar-refractivity contribution is -0.141. The van der Waals surface area contributed by atoms with E-state index in [-0.39, 0.29) is 18.2 Å². The van der Waals surface area contributed by atoms with Crippen LogP contribution >= 0.6 is 0 Å². The number of para-hydroxylation sites is 1. The Morgan fingerprint density at radius 1 is 1.24 bits per heavy atom. The van der Waals surface area contributed by atoms with E-state index in [0.717, 1.165) is 0 Å². The zero-order valence-electron chi connectivity index (χ0n) is 10.2. The number of carbonyl (C=O) groups is 2. The van der Waals surface area contributed by atoms with E-state index in [1.54, 1.807) is 31.2 Å². The van der Waals surface area contributed by atoms with E-state index in [0.29, 0.717) is 11.3 Å². The molecule has 1 aromatic carbocycles. The summed E-state index contributed by atoms with van der Waals surface area (Å²) < 4.78 is 9.65. The summed E-state index contributed by atoms with van der Waals surface area (Å²) in [7, 11) is 2.82. The van der Waals surface area contributed by atoms with Crippen LogP contribution in [0, 0.1) is 5.92 Å². The Labute approximate surface area is 101 Å². The molecule has 1 unspecified atom stereocenters. The SMILES string of the molecule is COC(=O)CC(C)C(=O)c1ccccc1OC. The predicted octanol–water partition coefficient (Wildman–Crippen LogP) is 2.08. The number of hydrogen-bond donors (Lipinski definition) is 0. The zero-order valence-corrected chi connectivity index (χ0v) is 10.2. The summed E-state index contributed by atoms with van der Waals surface area (Å²) in [6.07, 6.45) is 0.0768. The van der Waals surface area contributed by atoms with Crippen LogP contribution in [0.25, 0.3) is 0 Å². The fraction of sp³-hybridized carbons (Fsp3) is 0.385. The van der Waals surface area contributed by atoms with Crippen LogP contribution in [0.3, 0.4) is 0 Å². The van der Waals surface area contributed by atoms with Crippen LogP contribution < -0.4 is 4.74 Å². The maximum Gasteiger partial charge on any atom is 0.306 e. The molecule has 4 heteroatoms. The molecule has 0 aliphatic heterocycles. The summed E-state index contributed by atoms with van der Waals surface area (Å²) in [6, 6.07) is 6.97. The highest BCUT2D eigenvalue weighted by molar-refractivity contribution is 6.01. The normalized spacial score (nSPS) is 11.7. The summed E-state index contributed by atoms with van der Waals surface area (Å²) in [6.45, 7) is 1.70. The number of carbonyl (C=O) groups excluding carboxylic acids is 2. The highest BCUT2D eigenvalue weighted by Gasteiger charge is 2.21. The van der Waals surface area contributed by atoms with E-state index in [1.807, 2.05) is 0 Å². The van der Waals surface area contributed by atoms with Gasteiger partial charge in [0.1, 0.15) is 5.75 Å². The van der Waals surface area contributed by atoms with E-state index >= 15 is 0 Å². The third kappa shape index (κ3) is 3.31. The van der Waals surface area contributed by atoms with Crippen LogP contribution in [-0.4, -0.2) is 26.0 Å². The van der Waals surface area contributed by atoms with Gasteiger partial charge in [-0.3, -0.25) is 9.59 Å². The van der Waals surface area contributed by atoms with Crippen molar-refractivity contribution in [1.29, 1.82) is 0 Å². The van der Waals surface area contributed by atoms with E-state index in [4.69, 9.17) is 4.74 Å². The first-order chi connectivity index (χ1) is 8.10. The van der Waals surface area contributed by atoms with Crippen LogP contribution in [-0.2, 0) is 9.53 Å². The maximum absolute atomic E-state index is 12.1. The highest BCUT2D eigenvalue weighted by Crippen LogP contribution is 2.22. The van der Waals surface area contributed by atoms with Crippen molar-refractivity contribution >= 4 is 11.8 Å². The average molecular weight is 236 g/mol. The Morgan fingerprint density at radius 2 is 1.88 bits per heavy atom. The molecule has 0 bridgehead atoms. The Kier molecular flexibility index (Phi) is 4.69. The van der Waals surface area contributed by atoms with Gasteiger partial charge in [-0.2, -0.15) is 0 Å². The minimum absolute atomic E-state index is 0.0768. The third-order valence-corrected chi connectivity index (χ3v) is 2.52. The Morgan fingerprint density at radius 3 is 2.47 bits per heavy atom. The van der Waals surface area contributed by atoms with Gasteiger partial charge in [-0.05, 0) is 12.1 Å². The first-order valence-corrected chi connectivity index (χ1v) is 5.34. The van der Waals surface area contributed by atoms with Crippen LogP contribution in [0.15, 0.2) is 24.3 Å². The molecule has 4 nitrogen and oxygen atoms in total. The summed E-state index contributed by atoms with van der Waals surface area (Å²) in [4.78, 5) is 23.2. The van der Waals surface area contributed by atoms with Crippen molar-refractivity contribution in [3.8, 4) is 5.75 Å². The summed E-state index contributed by atoms with van der Waals surface area (Å²) >= 11 is 0. The smallest absolute Gasteiger partial charge is 0.306 e. The van der Waals surface area contributed by atoms with Gasteiger partial charge in [0.15, 0.2) is 5.78 Å². The van der Waals surface area contributed by atoms with Crippen molar-refractivity contribution in [2.24, 2.45) is 5.92 Å². The summed E-state index contributed by atoms with van der Waals surface area (Å²) in [5.74, 6) is -0.401. The van der Waals surface area contributed by atoms with Gasteiger partial charge in [-0.15, -0.1) is 0 Å². The molecule has 1 aromatic rings. The molecule has 17 heavy (non-hydrogen) atoms. The molecule has 92 valence electrons. The third-order valence-electron chi connectivity index (χ3n) is 2.52. The Bertz CT molecular complexity index is 412. The number of benzene rings is 1. The number of ketones is 1. The standard InChI is InChI=1S/C13H16O4/c1-9(8-12(14)17-3)13(15)10-6-4-5-7-11(10)16-2/h4-7,9H,8H2,1-3H3. The second-order valence-corrected chi connectivity index (χ2v) is 3.75. The quantitative estimate of drug-likeness (QED) is 0.580. The van der Waals surface area contributed by atoms with Gasteiger partial charge in [-0.1, -0.05) is 19.1 Å². The van der Waals surface area contributed by atoms with Crippen molar-refractivity contribution in [2.45, 2.75) is 13.3 Å². The lowest BCUT2D eigenvalue weighted by Crippen LogP contribution is -2.17. The van der Waals surface area contributed by atoms with Gasteiger partial charge in [-0.25, -0.2) is 0 Å². The molecule has 0 saturated carbocycles. The molecular weight excluding hydrogens is 220 g/mol. The number of hydrogen-bond acceptors (Lipinski definition) is 4. The monoisotopic (exact) mass is 236 g/mol. The van der Waals surface area contributed by atoms with Gasteiger partial charge in [0.25, 0.3) is 0 Å². The van der Waals surface area contributed by atoms with Gasteiger partial charge < -0.3 is 9.47 Å². The minimum atomic E-state index is -0.418. The predicted molar refractivity (Wildman–Crippen MR) is 63.1 cm³/mol. The highest BCUT2D eigenvalue weighted by atomic mass is 16.5. The molecular formula is C13H16O4. The van der Waals surface area contributed by atoms with Crippen LogP contribution in [0.5, 0.6) is 5.75 Å². The Balaban J connectivity index is 2.85. The fourth-order valence-corrected chi connectivity index (χ4v) is 1.54. The lowest BCUT2D eigenvalue weighted by Gasteiger charge is -2.11. The van der Waals surface area contributed by atoms with Crippen molar-refractivity contribution in [3.63, 3.8) is 0 Å². The maximum atomic E-state index is 12.1. The van der Waals surface area contributed by atoms with Gasteiger partial charge >= 0.3 is 5.97 Å². The largest absolute Gasteiger partial charge is 0.496 e. The van der Waals surface area contributed by atoms with Crippen molar-refractivity contribution in [1.82, 2.24) is 0 Å². The molecule has 0 fully saturated rings. The molecule has 0 N–H and O–H groups in total. The number of rotatable bonds is 5. The molecule has 0 aliphatic carbocycles. The minimum Gasteiger partial charge on any atom is -0.496 e. The topological polar surface area (TPSA) is 52.6 Å². The Hall–Kier alpha value is -1.84. The van der Waals surface area contributed by atoms with E-state index < -0.39 is 5.92 Å². The van der Waals surface area contributed by atoms with Crippen LogP contribution in [0.2, 0.25) is 0 Å². The second-order valence-electron chi connectivity index (χ2n) is 3.75. The number of ether oxygens (including phenoxy) is 2. The first-order valence-electron chi connectivity index (χ1n) is 5.34. The van der Waals surface area contributed by atoms with Crippen molar-refractivity contribution in [2.75, 3.05) is 14.2 Å². The van der Waals surface area contributed by atoms with Crippen molar-refractivity contribution in [3.05, 3.63) is 29.8 Å². The van der Waals surface area contributed by atoms with Gasteiger partial charge in [0.05, 0.1) is 26.2 Å². The molecule has 1 atom stereocenters. The molecule has 0 spiro atoms. The molecule has 1 rings (SSSR count). The molecule has 0 aliphatic rings. The fourth-order valence-electron chi connectivity index (χ4n) is 1.54. The lowest BCUT2D eigenvalue weighted by atomic mass is 9.96. The van der Waals surface area contributed by atoms with Crippen molar-refractivity contribution < 1.29 is 19.1 Å². The molecule has 0 saturated heterocycles. The second kappa shape index (κ2) is 6.03.